The highest BCUT2D eigenvalue weighted by atomic mass is 19.1. The van der Waals surface area contributed by atoms with Crippen LogP contribution in [0.4, 0.5) is 8.78 Å². The van der Waals surface area contributed by atoms with E-state index in [1.54, 1.807) is 6.07 Å². The van der Waals surface area contributed by atoms with Crippen molar-refractivity contribution in [3.8, 4) is 11.8 Å². The quantitative estimate of drug-likeness (QED) is 0.563. The van der Waals surface area contributed by atoms with Gasteiger partial charge in [0.15, 0.2) is 24.0 Å². The van der Waals surface area contributed by atoms with Crippen molar-refractivity contribution in [3.05, 3.63) is 29.3 Å². The summed E-state index contributed by atoms with van der Waals surface area (Å²) in [7, 11) is 0. The summed E-state index contributed by atoms with van der Waals surface area (Å²) in [5.74, 6) is -2.95. The molecule has 21 heavy (non-hydrogen) atoms. The summed E-state index contributed by atoms with van der Waals surface area (Å²) >= 11 is 0. The maximum absolute atomic E-state index is 13.7. The first kappa shape index (κ1) is 16.9. The zero-order valence-corrected chi connectivity index (χ0v) is 11.7. The molecule has 0 radical (unpaired) electrons. The topological polar surface area (TPSA) is 74.2 Å². The fourth-order valence-corrected chi connectivity index (χ4v) is 1.59. The molecule has 7 heteroatoms. The summed E-state index contributed by atoms with van der Waals surface area (Å²) in [5.41, 5.74) is 0.458. The molecule has 0 heterocycles. The smallest absolute Gasteiger partial charge is 0.258 e. The van der Waals surface area contributed by atoms with Crippen molar-refractivity contribution in [2.24, 2.45) is 0 Å². The Kier molecular flexibility index (Phi) is 7.12. The minimum atomic E-state index is -0.864. The third-order valence-corrected chi connectivity index (χ3v) is 2.53. The lowest BCUT2D eigenvalue weighted by Gasteiger charge is -2.10. The molecule has 1 aromatic carbocycles. The molecule has 0 fully saturated rings. The van der Waals surface area contributed by atoms with Gasteiger partial charge in [0.25, 0.3) is 5.91 Å². The van der Waals surface area contributed by atoms with Gasteiger partial charge < -0.3 is 15.4 Å². The highest BCUT2D eigenvalue weighted by Gasteiger charge is 2.14. The van der Waals surface area contributed by atoms with Crippen molar-refractivity contribution < 1.29 is 18.3 Å². The lowest BCUT2D eigenvalue weighted by atomic mass is 10.2. The molecule has 1 aromatic rings. The summed E-state index contributed by atoms with van der Waals surface area (Å²) in [4.78, 5) is 11.2. The van der Waals surface area contributed by atoms with Crippen molar-refractivity contribution in [3.63, 3.8) is 0 Å². The Morgan fingerprint density at radius 1 is 1.38 bits per heavy atom. The van der Waals surface area contributed by atoms with Crippen LogP contribution < -0.4 is 15.4 Å². The zero-order valence-electron chi connectivity index (χ0n) is 11.7. The molecule has 0 unspecified atom stereocenters. The van der Waals surface area contributed by atoms with E-state index in [1.807, 2.05) is 6.92 Å². The standard InChI is InChI=1S/C14H17F2N3O2/c1-2-4-18-8-10-6-11(15)14(12(16)7-10)21-9-13(20)19-5-3-17/h6-7,18H,2,4-5,8-9H2,1H3,(H,19,20). The van der Waals surface area contributed by atoms with Crippen LogP contribution >= 0.6 is 0 Å². The third-order valence-electron chi connectivity index (χ3n) is 2.53. The monoisotopic (exact) mass is 297 g/mol. The molecule has 0 bridgehead atoms. The Labute approximate surface area is 121 Å². The fraction of sp³-hybridized carbons (Fsp3) is 0.429. The minimum absolute atomic E-state index is 0.185. The van der Waals surface area contributed by atoms with Gasteiger partial charge in [-0.05, 0) is 30.7 Å². The molecule has 0 aliphatic rings. The normalized spacial score (nSPS) is 10.0. The first-order valence-electron chi connectivity index (χ1n) is 6.53. The Bertz CT molecular complexity index is 506. The Morgan fingerprint density at radius 2 is 2.05 bits per heavy atom. The van der Waals surface area contributed by atoms with Crippen LogP contribution in [0, 0.1) is 23.0 Å². The van der Waals surface area contributed by atoms with Gasteiger partial charge in [0.1, 0.15) is 6.54 Å². The molecule has 0 atom stereocenters. The number of carbonyl (C=O) groups is 1. The summed E-state index contributed by atoms with van der Waals surface area (Å²) < 4.78 is 32.3. The maximum atomic E-state index is 13.7. The van der Waals surface area contributed by atoms with E-state index < -0.39 is 29.9 Å². The second-order valence-corrected chi connectivity index (χ2v) is 4.29. The van der Waals surface area contributed by atoms with Crippen LogP contribution in [0.2, 0.25) is 0 Å². The van der Waals surface area contributed by atoms with Gasteiger partial charge in [-0.1, -0.05) is 6.92 Å². The number of hydrogen-bond acceptors (Lipinski definition) is 4. The van der Waals surface area contributed by atoms with E-state index >= 15 is 0 Å². The van der Waals surface area contributed by atoms with Crippen LogP contribution in [0.1, 0.15) is 18.9 Å². The summed E-state index contributed by atoms with van der Waals surface area (Å²) in [6, 6.07) is 4.03. The van der Waals surface area contributed by atoms with Gasteiger partial charge in [-0.15, -0.1) is 0 Å². The maximum Gasteiger partial charge on any atom is 0.258 e. The zero-order chi connectivity index (χ0) is 15.7. The molecule has 5 nitrogen and oxygen atoms in total. The van der Waals surface area contributed by atoms with Gasteiger partial charge in [-0.25, -0.2) is 8.78 Å². The van der Waals surface area contributed by atoms with Crippen LogP contribution in [0.5, 0.6) is 5.75 Å². The van der Waals surface area contributed by atoms with Gasteiger partial charge in [0.05, 0.1) is 6.07 Å². The van der Waals surface area contributed by atoms with E-state index in [0.717, 1.165) is 25.1 Å². The SMILES string of the molecule is CCCNCc1cc(F)c(OCC(=O)NCC#N)c(F)c1. The first-order valence-corrected chi connectivity index (χ1v) is 6.53. The van der Waals surface area contributed by atoms with Crippen LogP contribution in [0.15, 0.2) is 12.1 Å². The average molecular weight is 297 g/mol. The highest BCUT2D eigenvalue weighted by Crippen LogP contribution is 2.23. The number of hydrogen-bond donors (Lipinski definition) is 2. The molecule has 0 aliphatic heterocycles. The number of halogens is 2. The molecule has 1 amide bonds. The number of nitrogens with zero attached hydrogens (tertiary/aromatic N) is 1. The molecule has 0 saturated carbocycles. The molecular weight excluding hydrogens is 280 g/mol. The van der Waals surface area contributed by atoms with E-state index in [9.17, 15) is 13.6 Å². The Morgan fingerprint density at radius 3 is 2.62 bits per heavy atom. The molecule has 2 N–H and O–H groups in total. The predicted molar refractivity (Wildman–Crippen MR) is 72.5 cm³/mol. The van der Waals surface area contributed by atoms with E-state index in [-0.39, 0.29) is 6.54 Å². The van der Waals surface area contributed by atoms with E-state index in [1.165, 1.54) is 0 Å². The third kappa shape index (κ3) is 5.75. The summed E-state index contributed by atoms with van der Waals surface area (Å²) in [5, 5.41) is 13.5. The van der Waals surface area contributed by atoms with Crippen LogP contribution in [-0.4, -0.2) is 25.6 Å². The number of nitrogens with one attached hydrogen (secondary N) is 2. The summed E-state index contributed by atoms with van der Waals surface area (Å²) in [6.07, 6.45) is 0.921. The van der Waals surface area contributed by atoms with Crippen LogP contribution in [0.3, 0.4) is 0 Å². The second-order valence-electron chi connectivity index (χ2n) is 4.29. The van der Waals surface area contributed by atoms with Crippen LogP contribution in [-0.2, 0) is 11.3 Å². The number of amides is 1. The average Bonchev–Trinajstić information content (AvgIpc) is 2.44. The fourth-order valence-electron chi connectivity index (χ4n) is 1.59. The molecule has 0 saturated heterocycles. The number of ether oxygens (including phenoxy) is 1. The largest absolute Gasteiger partial charge is 0.478 e. The number of rotatable bonds is 8. The molecular formula is C14H17F2N3O2. The lowest BCUT2D eigenvalue weighted by Crippen LogP contribution is -2.29. The van der Waals surface area contributed by atoms with E-state index in [4.69, 9.17) is 10.00 Å². The van der Waals surface area contributed by atoms with Crippen molar-refractivity contribution in [1.82, 2.24) is 10.6 Å². The van der Waals surface area contributed by atoms with Crippen molar-refractivity contribution >= 4 is 5.91 Å². The molecule has 0 aromatic heterocycles. The van der Waals surface area contributed by atoms with E-state index in [2.05, 4.69) is 10.6 Å². The first-order chi connectivity index (χ1) is 10.1. The van der Waals surface area contributed by atoms with Gasteiger partial charge >= 0.3 is 0 Å². The van der Waals surface area contributed by atoms with Gasteiger partial charge in [-0.2, -0.15) is 5.26 Å². The number of benzene rings is 1. The van der Waals surface area contributed by atoms with Crippen molar-refractivity contribution in [2.75, 3.05) is 19.7 Å². The molecule has 0 aliphatic carbocycles. The van der Waals surface area contributed by atoms with Gasteiger partial charge in [0, 0.05) is 6.54 Å². The molecule has 114 valence electrons. The molecule has 0 spiro atoms. The number of nitriles is 1. The van der Waals surface area contributed by atoms with E-state index in [0.29, 0.717) is 12.1 Å². The van der Waals surface area contributed by atoms with Crippen molar-refractivity contribution in [1.29, 1.82) is 5.26 Å². The van der Waals surface area contributed by atoms with Gasteiger partial charge in [0.2, 0.25) is 0 Å². The van der Waals surface area contributed by atoms with Crippen molar-refractivity contribution in [2.45, 2.75) is 19.9 Å². The molecule has 1 rings (SSSR count). The second kappa shape index (κ2) is 8.87. The summed E-state index contributed by atoms with van der Waals surface area (Å²) in [6.45, 7) is 2.35. The lowest BCUT2D eigenvalue weighted by molar-refractivity contribution is -0.122. The minimum Gasteiger partial charge on any atom is -0.478 e. The van der Waals surface area contributed by atoms with Gasteiger partial charge in [-0.3, -0.25) is 4.79 Å². The highest BCUT2D eigenvalue weighted by molar-refractivity contribution is 5.77. The predicted octanol–water partition coefficient (Wildman–Crippen LogP) is 1.48. The Balaban J connectivity index is 2.63. The van der Waals surface area contributed by atoms with Crippen LogP contribution in [0.25, 0.3) is 0 Å². The Hall–Kier alpha value is -2.20. The number of carbonyl (C=O) groups excluding carboxylic acids is 1.